The molecule has 6 heterocycles. The molecule has 2 aromatic carbocycles. The number of nitrogens with zero attached hydrogens (tertiary/aromatic N) is 4. The van der Waals surface area contributed by atoms with E-state index in [1.807, 2.05) is 22.2 Å². The maximum atomic E-state index is 14.7. The van der Waals surface area contributed by atoms with Gasteiger partial charge in [-0.2, -0.15) is 0 Å². The van der Waals surface area contributed by atoms with Gasteiger partial charge in [-0.15, -0.1) is 0 Å². The number of methoxy groups -OCH3 is 2. The number of aromatic amines is 2. The third-order valence-electron chi connectivity index (χ3n) is 17.3. The summed E-state index contributed by atoms with van der Waals surface area (Å²) in [6, 6.07) is 14.7. The third kappa shape index (κ3) is 8.48. The van der Waals surface area contributed by atoms with Gasteiger partial charge in [0.2, 0.25) is 11.8 Å². The molecule has 0 radical (unpaired) electrons. The Balaban J connectivity index is 0.774. The number of imidazole rings is 2. The molecule has 4 saturated heterocycles. The lowest BCUT2D eigenvalue weighted by Gasteiger charge is -2.39. The van der Waals surface area contributed by atoms with Gasteiger partial charge in [0.15, 0.2) is 0 Å². The van der Waals surface area contributed by atoms with Crippen LogP contribution in [0.15, 0.2) is 60.9 Å². The number of ether oxygens (including phenoxy) is 4. The van der Waals surface area contributed by atoms with Crippen LogP contribution in [0.1, 0.15) is 122 Å². The number of likely N-dealkylation sites (tertiary alicyclic amines) is 2. The summed E-state index contributed by atoms with van der Waals surface area (Å²) in [7, 11) is 2.67. The predicted molar refractivity (Wildman–Crippen MR) is 255 cm³/mol. The van der Waals surface area contributed by atoms with Crippen LogP contribution in [0.3, 0.4) is 0 Å². The molecule has 7 aliphatic rings. The van der Waals surface area contributed by atoms with Gasteiger partial charge in [0.05, 0.1) is 48.9 Å². The number of carbonyl (C=O) groups excluding carboxylic acids is 4. The Kier molecular flexibility index (Phi) is 11.3. The number of nitrogens with one attached hydrogen (secondary N) is 4. The molecule has 11 rings (SSSR count). The molecule has 7 fully saturated rings. The Morgan fingerprint density at radius 2 is 1.07 bits per heavy atom. The zero-order valence-electron chi connectivity index (χ0n) is 40.6. The number of hydrogen-bond donors (Lipinski definition) is 4. The quantitative estimate of drug-likeness (QED) is 0.114. The molecule has 9 atom stereocenters. The van der Waals surface area contributed by atoms with Gasteiger partial charge >= 0.3 is 12.2 Å². The minimum Gasteiger partial charge on any atom is -0.453 e. The van der Waals surface area contributed by atoms with Gasteiger partial charge in [0.25, 0.3) is 0 Å². The molecule has 4 amide bonds. The van der Waals surface area contributed by atoms with E-state index in [-0.39, 0.29) is 69.8 Å². The zero-order chi connectivity index (χ0) is 48.0. The van der Waals surface area contributed by atoms with Crippen LogP contribution in [0.5, 0.6) is 0 Å². The van der Waals surface area contributed by atoms with Crippen molar-refractivity contribution in [2.45, 2.75) is 146 Å². The van der Waals surface area contributed by atoms with E-state index < -0.39 is 24.3 Å². The van der Waals surface area contributed by atoms with Crippen LogP contribution >= 0.6 is 0 Å². The highest BCUT2D eigenvalue weighted by Gasteiger charge is 2.65. The van der Waals surface area contributed by atoms with Crippen LogP contribution < -0.4 is 10.6 Å². The van der Waals surface area contributed by atoms with Crippen molar-refractivity contribution < 1.29 is 38.1 Å². The monoisotopic (exact) mass is 943 g/mol. The summed E-state index contributed by atoms with van der Waals surface area (Å²) in [5.41, 5.74) is 5.11. The van der Waals surface area contributed by atoms with Crippen molar-refractivity contribution >= 4 is 24.0 Å². The summed E-state index contributed by atoms with van der Waals surface area (Å²) in [5.74, 6) is 1.21. The topological polar surface area (TPSA) is 193 Å². The number of hydrogen-bond acceptors (Lipinski definition) is 10. The summed E-state index contributed by atoms with van der Waals surface area (Å²) in [6.07, 6.45) is 11.9. The van der Waals surface area contributed by atoms with Crippen molar-refractivity contribution in [1.29, 1.82) is 0 Å². The van der Waals surface area contributed by atoms with E-state index in [0.717, 1.165) is 103 Å². The molecule has 16 nitrogen and oxygen atoms in total. The van der Waals surface area contributed by atoms with Crippen LogP contribution in [-0.2, 0) is 28.5 Å². The third-order valence-corrected chi connectivity index (χ3v) is 17.3. The van der Waals surface area contributed by atoms with Gasteiger partial charge in [-0.05, 0) is 111 Å². The highest BCUT2D eigenvalue weighted by atomic mass is 16.5. The smallest absolute Gasteiger partial charge is 0.407 e. The summed E-state index contributed by atoms with van der Waals surface area (Å²) < 4.78 is 22.2. The maximum Gasteiger partial charge on any atom is 0.407 e. The minimum atomic E-state index is -0.727. The van der Waals surface area contributed by atoms with E-state index in [0.29, 0.717) is 26.1 Å². The Morgan fingerprint density at radius 1 is 0.638 bits per heavy atom. The summed E-state index contributed by atoms with van der Waals surface area (Å²) in [5, 5.41) is 5.86. The number of amides is 4. The zero-order valence-corrected chi connectivity index (χ0v) is 40.6. The van der Waals surface area contributed by atoms with Crippen LogP contribution in [-0.4, -0.2) is 117 Å². The van der Waals surface area contributed by atoms with E-state index in [2.05, 4.69) is 96.8 Å². The number of alkyl carbamates (subject to hydrolysis) is 2. The van der Waals surface area contributed by atoms with Gasteiger partial charge in [0.1, 0.15) is 23.7 Å². The average Bonchev–Trinajstić information content (AvgIpc) is 4.22. The van der Waals surface area contributed by atoms with Crippen LogP contribution in [0.2, 0.25) is 0 Å². The first kappa shape index (κ1) is 45.7. The number of piperidine rings is 1. The fraction of sp³-hybridized carbons (Fsp3) is 0.585. The lowest BCUT2D eigenvalue weighted by Crippen LogP contribution is -2.56. The number of aromatic nitrogens is 4. The molecule has 2 aromatic heterocycles. The van der Waals surface area contributed by atoms with Crippen molar-refractivity contribution in [3.05, 3.63) is 72.6 Å². The maximum absolute atomic E-state index is 14.7. The Bertz CT molecular complexity index is 2620. The second-order valence-corrected chi connectivity index (χ2v) is 22.3. The Labute approximate surface area is 403 Å². The number of rotatable bonds is 11. The standard InChI is InChI=1S/C53H66N8O8/c1-30-50(2,3)25-39(60(30)46(62)42(58-48(64)66-5)35-15-21-68-52(23-35)17-18-52)44-54-28-37(56-44)33-11-7-31(8-12-33)32-9-13-34(14-10-32)38-29-55-45(57-38)40-26-51(4)27-41(51)61(40)47(63)43(59-49(65)67-6)36-16-22-69-53(24-36)19-20-53/h7-14,28-30,35-36,39-43H,15-27H2,1-6H3,(H,54,56)(H,55,57)(H,58,64)(H,59,65)/t30?,35-,36-,39-,40-,41+,42-,43-,51-/m0/s1. The highest BCUT2D eigenvalue weighted by molar-refractivity contribution is 5.88. The van der Waals surface area contributed by atoms with Gasteiger partial charge < -0.3 is 49.3 Å². The summed E-state index contributed by atoms with van der Waals surface area (Å²) >= 11 is 0. The lowest BCUT2D eigenvalue weighted by molar-refractivity contribution is -0.140. The molecular formula is C53H66N8O8. The van der Waals surface area contributed by atoms with Crippen molar-refractivity contribution in [3.63, 3.8) is 0 Å². The van der Waals surface area contributed by atoms with E-state index >= 15 is 0 Å². The number of fused-ring (bicyclic) bond motifs is 1. The molecular weight excluding hydrogens is 877 g/mol. The number of carbonyl (C=O) groups is 4. The second kappa shape index (κ2) is 17.0. The van der Waals surface area contributed by atoms with Crippen LogP contribution in [0.4, 0.5) is 9.59 Å². The van der Waals surface area contributed by atoms with Crippen molar-refractivity contribution in [3.8, 4) is 33.6 Å². The molecule has 4 aliphatic heterocycles. The van der Waals surface area contributed by atoms with E-state index in [1.54, 1.807) is 0 Å². The van der Waals surface area contributed by atoms with Crippen molar-refractivity contribution in [2.24, 2.45) is 22.7 Å². The van der Waals surface area contributed by atoms with E-state index in [9.17, 15) is 19.2 Å². The first-order valence-corrected chi connectivity index (χ1v) is 25.0. The van der Waals surface area contributed by atoms with Gasteiger partial charge in [-0.25, -0.2) is 19.6 Å². The normalized spacial score (nSPS) is 29.8. The largest absolute Gasteiger partial charge is 0.453 e. The lowest BCUT2D eigenvalue weighted by atomic mass is 9.84. The minimum absolute atomic E-state index is 0.0145. The van der Waals surface area contributed by atoms with Crippen LogP contribution in [0.25, 0.3) is 33.6 Å². The second-order valence-electron chi connectivity index (χ2n) is 22.3. The van der Waals surface area contributed by atoms with Crippen molar-refractivity contribution in [2.75, 3.05) is 27.4 Å². The fourth-order valence-corrected chi connectivity index (χ4v) is 12.4. The van der Waals surface area contributed by atoms with Gasteiger partial charge in [-0.1, -0.05) is 69.3 Å². The van der Waals surface area contributed by atoms with E-state index in [1.165, 1.54) is 14.2 Å². The average molecular weight is 943 g/mol. The Morgan fingerprint density at radius 3 is 1.52 bits per heavy atom. The SMILES string of the molecule is COC(=O)N[C@H](C(=O)N1C(C)C(C)(C)C[C@H]1c1nc(-c2ccc(-c3ccc(-c4c[nH]c([C@@H]5C[C@@]6(C)C[C@H]6N5C(=O)[C@@H](NC(=O)OC)[C@H]5CCOC6(CC6)C5)n4)cc3)cc2)c[nH]1)[C@H]1CCOC2(CC2)C1. The first-order valence-electron chi connectivity index (χ1n) is 25.0. The molecule has 3 saturated carbocycles. The number of H-pyrrole nitrogens is 2. The molecule has 4 N–H and O–H groups in total. The molecule has 1 unspecified atom stereocenters. The molecule has 69 heavy (non-hydrogen) atoms. The molecule has 366 valence electrons. The predicted octanol–water partition coefficient (Wildman–Crippen LogP) is 8.24. The molecule has 2 spiro atoms. The highest BCUT2D eigenvalue weighted by Crippen LogP contribution is 2.63. The summed E-state index contributed by atoms with van der Waals surface area (Å²) in [6.45, 7) is 9.87. The van der Waals surface area contributed by atoms with Gasteiger partial charge in [-0.3, -0.25) is 9.59 Å². The first-order chi connectivity index (χ1) is 33.1. The van der Waals surface area contributed by atoms with Crippen LogP contribution in [0, 0.1) is 22.7 Å². The van der Waals surface area contributed by atoms with E-state index in [4.69, 9.17) is 28.9 Å². The van der Waals surface area contributed by atoms with Gasteiger partial charge in [0, 0.05) is 48.8 Å². The molecule has 4 aromatic rings. The number of benzene rings is 2. The summed E-state index contributed by atoms with van der Waals surface area (Å²) in [4.78, 5) is 75.6. The van der Waals surface area contributed by atoms with Crippen molar-refractivity contribution in [1.82, 2.24) is 40.4 Å². The molecule has 3 aliphatic carbocycles. The molecule has 16 heteroatoms. The molecule has 0 bridgehead atoms. The Hall–Kier alpha value is -5.74. The fourth-order valence-electron chi connectivity index (χ4n) is 12.4.